The third kappa shape index (κ3) is 2.54. The lowest BCUT2D eigenvalue weighted by atomic mass is 10.0. The molecule has 0 spiro atoms. The molecule has 0 saturated heterocycles. The van der Waals surface area contributed by atoms with Gasteiger partial charge in [-0.15, -0.1) is 0 Å². The number of aryl methyl sites for hydroxylation is 1. The molecule has 2 heterocycles. The number of rotatable bonds is 4. The topological polar surface area (TPSA) is 77.0 Å². The number of furan rings is 1. The zero-order valence-corrected chi connectivity index (χ0v) is 11.7. The summed E-state index contributed by atoms with van der Waals surface area (Å²) in [6.45, 7) is 2.06. The lowest BCUT2D eigenvalue weighted by molar-refractivity contribution is 0.525. The fourth-order valence-electron chi connectivity index (χ4n) is 2.77. The second-order valence-electron chi connectivity index (χ2n) is 5.25. The van der Waals surface area contributed by atoms with Crippen LogP contribution >= 0.6 is 0 Å². The molecule has 3 N–H and O–H groups in total. The number of nitrogens with two attached hydrogens (primary N) is 1. The molecule has 20 heavy (non-hydrogen) atoms. The predicted molar refractivity (Wildman–Crippen MR) is 78.1 cm³/mol. The third-order valence-corrected chi connectivity index (χ3v) is 3.90. The molecule has 5 nitrogen and oxygen atoms in total. The van der Waals surface area contributed by atoms with E-state index in [1.54, 1.807) is 0 Å². The van der Waals surface area contributed by atoms with E-state index >= 15 is 0 Å². The van der Waals surface area contributed by atoms with Crippen molar-refractivity contribution in [2.45, 2.75) is 44.9 Å². The number of anilines is 1. The van der Waals surface area contributed by atoms with Crippen LogP contribution < -0.4 is 11.3 Å². The maximum Gasteiger partial charge on any atom is 0.197 e. The van der Waals surface area contributed by atoms with Gasteiger partial charge in [-0.3, -0.25) is 0 Å². The van der Waals surface area contributed by atoms with Crippen molar-refractivity contribution in [2.75, 3.05) is 5.43 Å². The van der Waals surface area contributed by atoms with Gasteiger partial charge in [0.25, 0.3) is 0 Å². The number of nitrogens with one attached hydrogen (secondary N) is 1. The minimum absolute atomic E-state index is 0.518. The van der Waals surface area contributed by atoms with E-state index in [1.807, 2.05) is 18.2 Å². The predicted octanol–water partition coefficient (Wildman–Crippen LogP) is 3.24. The van der Waals surface area contributed by atoms with Crippen LogP contribution in [-0.4, -0.2) is 9.97 Å². The van der Waals surface area contributed by atoms with Crippen LogP contribution in [0.3, 0.4) is 0 Å². The van der Waals surface area contributed by atoms with Crippen molar-refractivity contribution < 1.29 is 4.42 Å². The van der Waals surface area contributed by atoms with Gasteiger partial charge in [0.2, 0.25) is 0 Å². The van der Waals surface area contributed by atoms with Crippen LogP contribution in [0.2, 0.25) is 0 Å². The van der Waals surface area contributed by atoms with Crippen LogP contribution in [0.15, 0.2) is 22.6 Å². The van der Waals surface area contributed by atoms with Gasteiger partial charge in [0.15, 0.2) is 11.6 Å². The molecule has 0 aliphatic heterocycles. The Morgan fingerprint density at radius 1 is 1.30 bits per heavy atom. The summed E-state index contributed by atoms with van der Waals surface area (Å²) in [6, 6.07) is 5.84. The summed E-state index contributed by atoms with van der Waals surface area (Å²) in [4.78, 5) is 9.08. The molecule has 1 fully saturated rings. The molecule has 3 rings (SSSR count). The van der Waals surface area contributed by atoms with Gasteiger partial charge in [0.05, 0.1) is 0 Å². The molecule has 5 heteroatoms. The molecular weight excluding hydrogens is 252 g/mol. The molecule has 106 valence electrons. The molecule has 2 aromatic rings. The number of aromatic nitrogens is 2. The summed E-state index contributed by atoms with van der Waals surface area (Å²) in [5, 5.41) is 0. The van der Waals surface area contributed by atoms with E-state index < -0.39 is 0 Å². The van der Waals surface area contributed by atoms with Gasteiger partial charge in [-0.25, -0.2) is 15.8 Å². The first-order valence-electron chi connectivity index (χ1n) is 7.25. The average Bonchev–Trinajstić information content (AvgIpc) is 3.17. The van der Waals surface area contributed by atoms with Crippen molar-refractivity contribution in [3.05, 3.63) is 29.7 Å². The molecule has 0 amide bonds. The van der Waals surface area contributed by atoms with E-state index in [2.05, 4.69) is 22.3 Å². The normalized spacial score (nSPS) is 15.7. The highest BCUT2D eigenvalue weighted by atomic mass is 16.3. The minimum Gasteiger partial charge on any atom is -0.458 e. The van der Waals surface area contributed by atoms with Gasteiger partial charge in [-0.1, -0.05) is 19.8 Å². The number of hydrogen-bond donors (Lipinski definition) is 2. The maximum atomic E-state index is 5.74. The summed E-state index contributed by atoms with van der Waals surface area (Å²) in [7, 11) is 0. The molecule has 0 bridgehead atoms. The van der Waals surface area contributed by atoms with Gasteiger partial charge >= 0.3 is 0 Å². The lowest BCUT2D eigenvalue weighted by Gasteiger charge is -2.11. The Bertz CT molecular complexity index is 587. The molecule has 1 aliphatic carbocycles. The highest BCUT2D eigenvalue weighted by Crippen LogP contribution is 2.34. The van der Waals surface area contributed by atoms with Gasteiger partial charge in [0.1, 0.15) is 11.6 Å². The smallest absolute Gasteiger partial charge is 0.197 e. The minimum atomic E-state index is 0.518. The average molecular weight is 272 g/mol. The van der Waals surface area contributed by atoms with Crippen LogP contribution in [0.25, 0.3) is 11.6 Å². The largest absolute Gasteiger partial charge is 0.458 e. The molecule has 0 atom stereocenters. The standard InChI is InChI=1S/C15H20N4O/c1-2-11-7-8-13(20-11)15-17-12(9-14(18-15)19-16)10-5-3-4-6-10/h7-10H,2-6,16H2,1H3,(H,17,18,19). The summed E-state index contributed by atoms with van der Waals surface area (Å²) < 4.78 is 5.74. The molecule has 2 aromatic heterocycles. The zero-order valence-electron chi connectivity index (χ0n) is 11.7. The highest BCUT2D eigenvalue weighted by molar-refractivity contribution is 5.52. The quantitative estimate of drug-likeness (QED) is 0.660. The van der Waals surface area contributed by atoms with Crippen LogP contribution in [0.4, 0.5) is 5.82 Å². The first-order chi connectivity index (χ1) is 9.80. The first kappa shape index (κ1) is 13.1. The van der Waals surface area contributed by atoms with E-state index in [0.717, 1.165) is 17.9 Å². The second-order valence-corrected chi connectivity index (χ2v) is 5.25. The van der Waals surface area contributed by atoms with Crippen LogP contribution in [0.5, 0.6) is 0 Å². The van der Waals surface area contributed by atoms with E-state index in [4.69, 9.17) is 10.3 Å². The first-order valence-corrected chi connectivity index (χ1v) is 7.25. The fraction of sp³-hybridized carbons (Fsp3) is 0.467. The van der Waals surface area contributed by atoms with Crippen molar-refractivity contribution in [2.24, 2.45) is 5.84 Å². The maximum absolute atomic E-state index is 5.74. The summed E-state index contributed by atoms with van der Waals surface area (Å²) >= 11 is 0. The van der Waals surface area contributed by atoms with E-state index in [9.17, 15) is 0 Å². The van der Waals surface area contributed by atoms with E-state index in [0.29, 0.717) is 23.3 Å². The summed E-state index contributed by atoms with van der Waals surface area (Å²) in [5.74, 6) is 8.95. The van der Waals surface area contributed by atoms with Crippen molar-refractivity contribution in [3.63, 3.8) is 0 Å². The number of nitrogens with zero attached hydrogens (tertiary/aromatic N) is 2. The van der Waals surface area contributed by atoms with E-state index in [1.165, 1.54) is 25.7 Å². The van der Waals surface area contributed by atoms with Crippen LogP contribution in [-0.2, 0) is 6.42 Å². The van der Waals surface area contributed by atoms with Crippen molar-refractivity contribution >= 4 is 5.82 Å². The molecule has 1 aliphatic rings. The Morgan fingerprint density at radius 2 is 2.10 bits per heavy atom. The fourth-order valence-corrected chi connectivity index (χ4v) is 2.77. The van der Waals surface area contributed by atoms with Gasteiger partial charge in [0, 0.05) is 24.1 Å². The summed E-state index contributed by atoms with van der Waals surface area (Å²) in [6.07, 6.45) is 5.80. The monoisotopic (exact) mass is 272 g/mol. The second kappa shape index (κ2) is 5.63. The van der Waals surface area contributed by atoms with Crippen molar-refractivity contribution in [1.29, 1.82) is 0 Å². The SMILES string of the molecule is CCc1ccc(-c2nc(NN)cc(C3CCCC3)n2)o1. The zero-order chi connectivity index (χ0) is 13.9. The number of hydrogen-bond acceptors (Lipinski definition) is 5. The van der Waals surface area contributed by atoms with Crippen LogP contribution in [0.1, 0.15) is 50.0 Å². The summed E-state index contributed by atoms with van der Waals surface area (Å²) in [5.41, 5.74) is 3.69. The Balaban J connectivity index is 1.98. The lowest BCUT2D eigenvalue weighted by Crippen LogP contribution is -2.11. The highest BCUT2D eigenvalue weighted by Gasteiger charge is 2.21. The molecular formula is C15H20N4O. The number of nitrogen functional groups attached to an aromatic ring is 1. The Morgan fingerprint density at radius 3 is 2.75 bits per heavy atom. The Kier molecular flexibility index (Phi) is 3.69. The number of hydrazine groups is 1. The molecule has 0 radical (unpaired) electrons. The van der Waals surface area contributed by atoms with Gasteiger partial charge in [-0.2, -0.15) is 0 Å². The van der Waals surface area contributed by atoms with Crippen LogP contribution in [0, 0.1) is 0 Å². The molecule has 0 unspecified atom stereocenters. The third-order valence-electron chi connectivity index (χ3n) is 3.90. The Labute approximate surface area is 118 Å². The van der Waals surface area contributed by atoms with Gasteiger partial charge < -0.3 is 9.84 Å². The molecule has 1 saturated carbocycles. The van der Waals surface area contributed by atoms with Crippen molar-refractivity contribution in [3.8, 4) is 11.6 Å². The molecule has 0 aromatic carbocycles. The Hall–Kier alpha value is -1.88. The van der Waals surface area contributed by atoms with E-state index in [-0.39, 0.29) is 0 Å². The van der Waals surface area contributed by atoms with Gasteiger partial charge in [-0.05, 0) is 25.0 Å². The van der Waals surface area contributed by atoms with Crippen molar-refractivity contribution in [1.82, 2.24) is 9.97 Å².